The lowest BCUT2D eigenvalue weighted by Crippen LogP contribution is -2.16. The lowest BCUT2D eigenvalue weighted by Gasteiger charge is -2.09. The monoisotopic (exact) mass is 369 g/mol. The second-order valence-electron chi connectivity index (χ2n) is 5.99. The van der Waals surface area contributed by atoms with Gasteiger partial charge < -0.3 is 0 Å². The van der Waals surface area contributed by atoms with Gasteiger partial charge in [-0.15, -0.1) is 9.19 Å². The van der Waals surface area contributed by atoms with E-state index in [0.29, 0.717) is 12.0 Å². The van der Waals surface area contributed by atoms with Gasteiger partial charge in [-0.25, -0.2) is 0 Å². The standard InChI is InChI=1S/C19H19N3O3S/c1-3-7-17(23)18-19(15-8-5-4-6-9-15)22(21-20-18)26(24,25)16-12-10-14(2)11-13-16/h4-6,8-13H,3,7H2,1-2H3. The van der Waals surface area contributed by atoms with Gasteiger partial charge in [-0.3, -0.25) is 4.79 Å². The van der Waals surface area contributed by atoms with E-state index in [1.165, 1.54) is 12.1 Å². The van der Waals surface area contributed by atoms with E-state index in [9.17, 15) is 13.2 Å². The Morgan fingerprint density at radius 3 is 2.31 bits per heavy atom. The number of aromatic nitrogens is 3. The third kappa shape index (κ3) is 3.30. The Hall–Kier alpha value is -2.80. The first-order chi connectivity index (χ1) is 12.4. The van der Waals surface area contributed by atoms with Crippen molar-refractivity contribution in [3.63, 3.8) is 0 Å². The van der Waals surface area contributed by atoms with Crippen LogP contribution in [-0.2, 0) is 10.0 Å². The molecule has 0 unspecified atom stereocenters. The van der Waals surface area contributed by atoms with Crippen LogP contribution in [0, 0.1) is 6.92 Å². The lowest BCUT2D eigenvalue weighted by atomic mass is 10.1. The van der Waals surface area contributed by atoms with Crippen LogP contribution >= 0.6 is 0 Å². The Balaban J connectivity index is 2.22. The van der Waals surface area contributed by atoms with Crippen LogP contribution in [-0.4, -0.2) is 28.6 Å². The molecule has 0 spiro atoms. The van der Waals surface area contributed by atoms with Gasteiger partial charge in [0, 0.05) is 12.0 Å². The van der Waals surface area contributed by atoms with E-state index in [1.807, 2.05) is 19.9 Å². The first-order valence-electron chi connectivity index (χ1n) is 8.31. The van der Waals surface area contributed by atoms with Gasteiger partial charge in [0.2, 0.25) is 0 Å². The highest BCUT2D eigenvalue weighted by Crippen LogP contribution is 2.27. The fourth-order valence-corrected chi connectivity index (χ4v) is 3.87. The minimum Gasteiger partial charge on any atom is -0.292 e. The van der Waals surface area contributed by atoms with Crippen molar-refractivity contribution in [1.82, 2.24) is 14.4 Å². The van der Waals surface area contributed by atoms with Crippen LogP contribution in [0.25, 0.3) is 11.3 Å². The molecule has 0 N–H and O–H groups in total. The Morgan fingerprint density at radius 2 is 1.69 bits per heavy atom. The molecule has 1 heterocycles. The predicted molar refractivity (Wildman–Crippen MR) is 98.5 cm³/mol. The van der Waals surface area contributed by atoms with E-state index < -0.39 is 10.0 Å². The van der Waals surface area contributed by atoms with Gasteiger partial charge in [0.05, 0.1) is 4.90 Å². The summed E-state index contributed by atoms with van der Waals surface area (Å²) >= 11 is 0. The summed E-state index contributed by atoms with van der Waals surface area (Å²) in [6.45, 7) is 3.76. The quantitative estimate of drug-likeness (QED) is 0.621. The fourth-order valence-electron chi connectivity index (χ4n) is 2.62. The van der Waals surface area contributed by atoms with Crippen molar-refractivity contribution in [3.05, 3.63) is 65.9 Å². The van der Waals surface area contributed by atoms with E-state index in [-0.39, 0.29) is 28.5 Å². The molecule has 0 radical (unpaired) electrons. The van der Waals surface area contributed by atoms with Crippen molar-refractivity contribution in [1.29, 1.82) is 0 Å². The largest absolute Gasteiger partial charge is 0.292 e. The summed E-state index contributed by atoms with van der Waals surface area (Å²) in [5.41, 5.74) is 1.80. The summed E-state index contributed by atoms with van der Waals surface area (Å²) in [5, 5.41) is 7.73. The molecule has 0 bridgehead atoms. The van der Waals surface area contributed by atoms with Crippen molar-refractivity contribution < 1.29 is 13.2 Å². The number of Topliss-reactive ketones (excluding diaryl/α,β-unsaturated/α-hetero) is 1. The van der Waals surface area contributed by atoms with E-state index in [0.717, 1.165) is 9.65 Å². The molecule has 1 aromatic heterocycles. The zero-order valence-corrected chi connectivity index (χ0v) is 15.4. The summed E-state index contributed by atoms with van der Waals surface area (Å²) in [6, 6.07) is 15.3. The van der Waals surface area contributed by atoms with Crippen LogP contribution in [0.15, 0.2) is 59.5 Å². The van der Waals surface area contributed by atoms with Crippen molar-refractivity contribution in [2.45, 2.75) is 31.6 Å². The molecule has 0 aliphatic heterocycles. The minimum atomic E-state index is -3.97. The van der Waals surface area contributed by atoms with Crippen LogP contribution in [0.5, 0.6) is 0 Å². The number of ketones is 1. The second-order valence-corrected chi connectivity index (χ2v) is 7.75. The van der Waals surface area contributed by atoms with Gasteiger partial charge in [-0.2, -0.15) is 8.42 Å². The van der Waals surface area contributed by atoms with Crippen molar-refractivity contribution in [2.24, 2.45) is 0 Å². The van der Waals surface area contributed by atoms with Crippen molar-refractivity contribution in [2.75, 3.05) is 0 Å². The van der Waals surface area contributed by atoms with Gasteiger partial charge in [0.1, 0.15) is 5.69 Å². The van der Waals surface area contributed by atoms with Crippen LogP contribution in [0.3, 0.4) is 0 Å². The molecule has 0 fully saturated rings. The maximum absolute atomic E-state index is 13.1. The SMILES string of the molecule is CCCC(=O)c1nnn(S(=O)(=O)c2ccc(C)cc2)c1-c1ccccc1. The van der Waals surface area contributed by atoms with Crippen molar-refractivity contribution >= 4 is 15.8 Å². The number of benzene rings is 2. The van der Waals surface area contributed by atoms with Crippen LogP contribution < -0.4 is 0 Å². The summed E-state index contributed by atoms with van der Waals surface area (Å²) in [6.07, 6.45) is 0.924. The van der Waals surface area contributed by atoms with Crippen LogP contribution in [0.2, 0.25) is 0 Å². The molecule has 0 aliphatic carbocycles. The summed E-state index contributed by atoms with van der Waals surface area (Å²) in [4.78, 5) is 12.5. The number of carbonyl (C=O) groups excluding carboxylic acids is 1. The van der Waals surface area contributed by atoms with Crippen LogP contribution in [0.1, 0.15) is 35.8 Å². The Morgan fingerprint density at radius 1 is 1.04 bits per heavy atom. The molecule has 3 rings (SSSR count). The highest BCUT2D eigenvalue weighted by molar-refractivity contribution is 7.90. The molecule has 0 amide bonds. The molecule has 3 aromatic rings. The highest BCUT2D eigenvalue weighted by atomic mass is 32.2. The molecular weight excluding hydrogens is 350 g/mol. The number of rotatable bonds is 6. The number of nitrogens with zero attached hydrogens (tertiary/aromatic N) is 3. The molecule has 2 aromatic carbocycles. The fraction of sp³-hybridized carbons (Fsp3) is 0.211. The average Bonchev–Trinajstić information content (AvgIpc) is 3.09. The first-order valence-corrected chi connectivity index (χ1v) is 9.75. The zero-order valence-electron chi connectivity index (χ0n) is 14.6. The molecule has 0 aliphatic rings. The summed E-state index contributed by atoms with van der Waals surface area (Å²) in [7, 11) is -3.97. The number of hydrogen-bond acceptors (Lipinski definition) is 5. The smallest absolute Gasteiger partial charge is 0.284 e. The number of aryl methyl sites for hydroxylation is 1. The molecule has 0 atom stereocenters. The third-order valence-electron chi connectivity index (χ3n) is 3.98. The van der Waals surface area contributed by atoms with Crippen molar-refractivity contribution in [3.8, 4) is 11.3 Å². The first kappa shape index (κ1) is 18.0. The molecule has 134 valence electrons. The maximum atomic E-state index is 13.1. The van der Waals surface area contributed by atoms with Crippen LogP contribution in [0.4, 0.5) is 0 Å². The number of carbonyl (C=O) groups is 1. The molecule has 6 nitrogen and oxygen atoms in total. The topological polar surface area (TPSA) is 81.9 Å². The maximum Gasteiger partial charge on any atom is 0.284 e. The number of hydrogen-bond donors (Lipinski definition) is 0. The van der Waals surface area contributed by atoms with Gasteiger partial charge in [0.15, 0.2) is 11.5 Å². The molecule has 26 heavy (non-hydrogen) atoms. The van der Waals surface area contributed by atoms with Gasteiger partial charge in [0.25, 0.3) is 10.0 Å². The summed E-state index contributed by atoms with van der Waals surface area (Å²) in [5.74, 6) is -0.225. The molecule has 0 saturated heterocycles. The zero-order chi connectivity index (χ0) is 18.7. The Labute approximate surface area is 152 Å². The second kappa shape index (κ2) is 7.21. The van der Waals surface area contributed by atoms with Gasteiger partial charge in [-0.1, -0.05) is 60.2 Å². The highest BCUT2D eigenvalue weighted by Gasteiger charge is 2.28. The van der Waals surface area contributed by atoms with E-state index in [1.54, 1.807) is 36.4 Å². The average molecular weight is 369 g/mol. The predicted octanol–water partition coefficient (Wildman–Crippen LogP) is 3.47. The Bertz CT molecular complexity index is 1020. The summed E-state index contributed by atoms with van der Waals surface area (Å²) < 4.78 is 27.0. The van der Waals surface area contributed by atoms with Gasteiger partial charge in [-0.05, 0) is 25.5 Å². The minimum absolute atomic E-state index is 0.0775. The molecule has 0 saturated carbocycles. The third-order valence-corrected chi connectivity index (χ3v) is 5.56. The normalized spacial score (nSPS) is 11.5. The van der Waals surface area contributed by atoms with E-state index >= 15 is 0 Å². The lowest BCUT2D eigenvalue weighted by molar-refractivity contribution is 0.0977. The Kier molecular flexibility index (Phi) is 4.99. The van der Waals surface area contributed by atoms with E-state index in [4.69, 9.17) is 0 Å². The van der Waals surface area contributed by atoms with E-state index in [2.05, 4.69) is 10.3 Å². The molecular formula is C19H19N3O3S. The molecule has 7 heteroatoms. The van der Waals surface area contributed by atoms with Gasteiger partial charge >= 0.3 is 0 Å².